The van der Waals surface area contributed by atoms with Crippen LogP contribution in [0.1, 0.15) is 12.5 Å². The van der Waals surface area contributed by atoms with Crippen molar-refractivity contribution in [3.8, 4) is 11.3 Å². The standard InChI is InChI=1S/C27H21NO.BF4/c1-2-19-15-16-26-23(17-19)25(18-27(29-26)21-10-4-3-5-11-21)28-24-14-8-12-20-9-6-7-13-22(20)24;2-1(3,4)5/h3-18H,2H2,1H3;/q;-1/p+1. The lowest BCUT2D eigenvalue weighted by Gasteiger charge is -2.05. The normalized spacial score (nSPS) is 12.0. The van der Waals surface area contributed by atoms with E-state index in [1.807, 2.05) is 18.2 Å². The van der Waals surface area contributed by atoms with Crippen molar-refractivity contribution in [3.05, 3.63) is 108 Å². The van der Waals surface area contributed by atoms with E-state index in [0.29, 0.717) is 0 Å². The van der Waals surface area contributed by atoms with Crippen molar-refractivity contribution < 1.29 is 26.7 Å². The van der Waals surface area contributed by atoms with E-state index in [0.717, 1.165) is 39.8 Å². The van der Waals surface area contributed by atoms with Crippen molar-refractivity contribution in [2.75, 3.05) is 0 Å². The van der Waals surface area contributed by atoms with Gasteiger partial charge >= 0.3 is 7.25 Å². The maximum atomic E-state index is 9.75. The van der Waals surface area contributed by atoms with E-state index in [4.69, 9.17) is 4.42 Å². The number of rotatable bonds is 3. The minimum absolute atomic E-state index is 0.852. The lowest BCUT2D eigenvalue weighted by molar-refractivity contribution is -0.399. The van der Waals surface area contributed by atoms with Gasteiger partial charge in [0.15, 0.2) is 0 Å². The van der Waals surface area contributed by atoms with Crippen LogP contribution in [0.5, 0.6) is 0 Å². The molecule has 0 saturated heterocycles. The van der Waals surface area contributed by atoms with Gasteiger partial charge in [0, 0.05) is 11.6 Å². The summed E-state index contributed by atoms with van der Waals surface area (Å²) in [6.45, 7) is 2.18. The Morgan fingerprint density at radius 3 is 2.15 bits per heavy atom. The Kier molecular flexibility index (Phi) is 6.82. The fourth-order valence-electron chi connectivity index (χ4n) is 3.78. The second-order valence-electron chi connectivity index (χ2n) is 7.72. The molecule has 0 atom stereocenters. The topological polar surface area (TPSA) is 27.1 Å². The fraction of sp³-hybridized carbons (Fsp3) is 0.0741. The van der Waals surface area contributed by atoms with Gasteiger partial charge in [-0.3, -0.25) is 0 Å². The highest BCUT2D eigenvalue weighted by molar-refractivity contribution is 6.50. The largest absolute Gasteiger partial charge is 0.673 e. The van der Waals surface area contributed by atoms with E-state index in [9.17, 15) is 17.3 Å². The molecule has 0 aliphatic carbocycles. The van der Waals surface area contributed by atoms with Crippen LogP contribution >= 0.6 is 0 Å². The average Bonchev–Trinajstić information content (AvgIpc) is 2.83. The van der Waals surface area contributed by atoms with Crippen LogP contribution in [0.3, 0.4) is 0 Å². The van der Waals surface area contributed by atoms with Crippen LogP contribution in [0.2, 0.25) is 0 Å². The molecule has 4 aromatic carbocycles. The molecule has 5 aromatic rings. The Morgan fingerprint density at radius 1 is 0.735 bits per heavy atom. The Morgan fingerprint density at radius 2 is 1.41 bits per heavy atom. The lowest BCUT2D eigenvalue weighted by atomic mass is 10.1. The Hall–Kier alpha value is -3.87. The molecule has 1 heterocycles. The highest BCUT2D eigenvalue weighted by atomic mass is 19.5. The third-order valence-corrected chi connectivity index (χ3v) is 5.36. The van der Waals surface area contributed by atoms with E-state index in [1.165, 1.54) is 16.3 Å². The predicted octanol–water partition coefficient (Wildman–Crippen LogP) is 6.43. The first-order valence-corrected chi connectivity index (χ1v) is 10.9. The number of aryl methyl sites for hydroxylation is 1. The third-order valence-electron chi connectivity index (χ3n) is 5.36. The summed E-state index contributed by atoms with van der Waals surface area (Å²) in [4.78, 5) is 3.69. The van der Waals surface area contributed by atoms with Crippen LogP contribution in [0.4, 0.5) is 23.0 Å². The van der Waals surface area contributed by atoms with Crippen LogP contribution in [0, 0.1) is 0 Å². The van der Waals surface area contributed by atoms with E-state index in [2.05, 4.69) is 90.8 Å². The fourth-order valence-corrected chi connectivity index (χ4v) is 3.78. The van der Waals surface area contributed by atoms with Crippen LogP contribution < -0.4 is 10.3 Å². The van der Waals surface area contributed by atoms with Crippen molar-refractivity contribution in [1.29, 1.82) is 0 Å². The Balaban J connectivity index is 0.000000499. The molecule has 0 aliphatic rings. The first-order valence-electron chi connectivity index (χ1n) is 10.9. The van der Waals surface area contributed by atoms with Crippen molar-refractivity contribution in [2.45, 2.75) is 13.3 Å². The zero-order chi connectivity index (χ0) is 24.1. The van der Waals surface area contributed by atoms with Crippen LogP contribution in [-0.2, 0) is 6.42 Å². The predicted molar refractivity (Wildman–Crippen MR) is 129 cm³/mol. The molecule has 172 valence electrons. The van der Waals surface area contributed by atoms with Crippen LogP contribution in [-0.4, -0.2) is 7.25 Å². The van der Waals surface area contributed by atoms with Crippen molar-refractivity contribution in [2.24, 2.45) is 0 Å². The van der Waals surface area contributed by atoms with Crippen molar-refractivity contribution in [3.63, 3.8) is 0 Å². The molecular weight excluding hydrogens is 441 g/mol. The summed E-state index contributed by atoms with van der Waals surface area (Å²) >= 11 is 0. The van der Waals surface area contributed by atoms with Gasteiger partial charge in [0.2, 0.25) is 11.0 Å². The highest BCUT2D eigenvalue weighted by Gasteiger charge is 2.20. The number of benzene rings is 4. The first-order chi connectivity index (χ1) is 16.3. The highest BCUT2D eigenvalue weighted by Crippen LogP contribution is 2.23. The van der Waals surface area contributed by atoms with Gasteiger partial charge in [-0.15, -0.1) is 0 Å². The quantitative estimate of drug-likeness (QED) is 0.242. The summed E-state index contributed by atoms with van der Waals surface area (Å²) in [7, 11) is -6.00. The molecular formula is C27H22BF4NO. The molecule has 1 N–H and O–H groups in total. The van der Waals surface area contributed by atoms with E-state index in [-0.39, 0.29) is 0 Å². The number of hydrogen-bond acceptors (Lipinski definition) is 1. The molecule has 0 bridgehead atoms. The van der Waals surface area contributed by atoms with Gasteiger partial charge < -0.3 is 21.7 Å². The monoisotopic (exact) mass is 463 g/mol. The molecule has 0 unspecified atom stereocenters. The molecule has 0 fully saturated rings. The van der Waals surface area contributed by atoms with Crippen molar-refractivity contribution >= 4 is 34.7 Å². The van der Waals surface area contributed by atoms with Gasteiger partial charge in [0.25, 0.3) is 0 Å². The molecule has 0 saturated carbocycles. The summed E-state index contributed by atoms with van der Waals surface area (Å²) in [5.74, 6) is 0.852. The molecule has 34 heavy (non-hydrogen) atoms. The number of halogens is 4. The molecule has 0 radical (unpaired) electrons. The van der Waals surface area contributed by atoms with Gasteiger partial charge in [-0.1, -0.05) is 73.7 Å². The average molecular weight is 463 g/mol. The zero-order valence-corrected chi connectivity index (χ0v) is 18.4. The van der Waals surface area contributed by atoms with Gasteiger partial charge in [0.05, 0.1) is 16.8 Å². The maximum Gasteiger partial charge on any atom is 0.673 e. The van der Waals surface area contributed by atoms with E-state index < -0.39 is 7.25 Å². The second kappa shape index (κ2) is 9.95. The van der Waals surface area contributed by atoms with Crippen molar-refractivity contribution in [1.82, 2.24) is 0 Å². The molecule has 1 aromatic heterocycles. The smallest absolute Gasteiger partial charge is 0.456 e. The zero-order valence-electron chi connectivity index (χ0n) is 18.4. The molecule has 0 amide bonds. The summed E-state index contributed by atoms with van der Waals surface area (Å²) in [6.07, 6.45) is 0.990. The van der Waals surface area contributed by atoms with Gasteiger partial charge in [0.1, 0.15) is 11.3 Å². The summed E-state index contributed by atoms with van der Waals surface area (Å²) in [5, 5.41) is 4.57. The second-order valence-corrected chi connectivity index (χ2v) is 7.72. The van der Waals surface area contributed by atoms with E-state index in [1.54, 1.807) is 0 Å². The minimum atomic E-state index is -6.00. The van der Waals surface area contributed by atoms with Gasteiger partial charge in [-0.05, 0) is 35.6 Å². The summed E-state index contributed by atoms with van der Waals surface area (Å²) in [6, 6.07) is 33.6. The molecule has 5 rings (SSSR count). The van der Waals surface area contributed by atoms with Crippen LogP contribution in [0.25, 0.3) is 33.1 Å². The number of hydrogen-bond donors (Lipinski definition) is 1. The molecule has 2 nitrogen and oxygen atoms in total. The maximum absolute atomic E-state index is 9.75. The SMILES string of the molecule is CCc1ccc2oc(-c3ccccc3)cc(=[NH+]c3cccc4ccccc34)c2c1.F[B-](F)(F)F. The first kappa shape index (κ1) is 23.3. The molecule has 0 aliphatic heterocycles. The minimum Gasteiger partial charge on any atom is -0.456 e. The Bertz CT molecular complexity index is 1480. The lowest BCUT2D eigenvalue weighted by Crippen LogP contribution is -2.70. The molecule has 0 spiro atoms. The molecule has 7 heteroatoms. The number of nitrogens with one attached hydrogen (secondary N) is 1. The summed E-state index contributed by atoms with van der Waals surface area (Å²) in [5.41, 5.74) is 4.33. The number of fused-ring (bicyclic) bond motifs is 2. The van der Waals surface area contributed by atoms with E-state index >= 15 is 0 Å². The third kappa shape index (κ3) is 5.73. The Labute approximate surface area is 194 Å². The van der Waals surface area contributed by atoms with Crippen LogP contribution in [0.15, 0.2) is 101 Å². The summed E-state index contributed by atoms with van der Waals surface area (Å²) < 4.78 is 45.3. The van der Waals surface area contributed by atoms with Gasteiger partial charge in [-0.25, -0.2) is 4.99 Å². The van der Waals surface area contributed by atoms with Gasteiger partial charge in [-0.2, -0.15) is 0 Å².